The Bertz CT molecular complexity index is 1600. The van der Waals surface area contributed by atoms with E-state index in [0.29, 0.717) is 43.1 Å². The summed E-state index contributed by atoms with van der Waals surface area (Å²) in [5.74, 6) is -2.17. The number of phenols is 1. The van der Waals surface area contributed by atoms with Crippen LogP contribution in [0.4, 0.5) is 14.6 Å². The molecule has 0 aliphatic carbocycles. The van der Waals surface area contributed by atoms with Gasteiger partial charge in [-0.1, -0.05) is 23.7 Å². The normalized spacial score (nSPS) is 14.0. The van der Waals surface area contributed by atoms with Crippen LogP contribution in [0.3, 0.4) is 0 Å². The number of aromatic hydroxyl groups is 1. The topological polar surface area (TPSA) is 106 Å². The zero-order valence-electron chi connectivity index (χ0n) is 19.8. The maximum absolute atomic E-state index is 15.6. The van der Waals surface area contributed by atoms with Crippen molar-refractivity contribution < 1.29 is 18.7 Å². The minimum absolute atomic E-state index is 0.0255. The molecule has 0 saturated carbocycles. The fourth-order valence-electron chi connectivity index (χ4n) is 4.40. The molecule has 5 rings (SSSR count). The Morgan fingerprint density at radius 1 is 1.05 bits per heavy atom. The van der Waals surface area contributed by atoms with Gasteiger partial charge in [-0.2, -0.15) is 5.26 Å². The number of hydrogen-bond donors (Lipinski definition) is 1. The standard InChI is InChI=1S/C27H19ClF2N6O2/c28-19-13-18-25(24(30)22(19)23-20(29)5-3-6-21(23)37)33-15-34-26(18)35-8-10-36(11-9-35)27(38)16(14-31)12-17-4-1-2-7-32-17/h1-7,12-13,15,37H,8-11H2/b16-12+. The summed E-state index contributed by atoms with van der Waals surface area (Å²) in [4.78, 5) is 28.9. The van der Waals surface area contributed by atoms with Gasteiger partial charge in [0.25, 0.3) is 5.91 Å². The monoisotopic (exact) mass is 532 g/mol. The molecule has 1 amide bonds. The molecule has 0 bridgehead atoms. The second-order valence-electron chi connectivity index (χ2n) is 8.48. The molecule has 0 spiro atoms. The Balaban J connectivity index is 1.42. The van der Waals surface area contributed by atoms with E-state index in [0.717, 1.165) is 6.07 Å². The molecule has 0 atom stereocenters. The minimum Gasteiger partial charge on any atom is -0.507 e. The van der Waals surface area contributed by atoms with Crippen LogP contribution in [0.5, 0.6) is 5.75 Å². The SMILES string of the molecule is N#C/C(=C\c1ccccn1)C(=O)N1CCN(c2ncnc3c(F)c(-c4c(O)cccc4F)c(Cl)cc23)CC1. The van der Waals surface area contributed by atoms with E-state index in [-0.39, 0.29) is 27.2 Å². The summed E-state index contributed by atoms with van der Waals surface area (Å²) in [6.07, 6.45) is 4.22. The lowest BCUT2D eigenvalue weighted by atomic mass is 10.0. The molecular formula is C27H19ClF2N6O2. The molecule has 11 heteroatoms. The van der Waals surface area contributed by atoms with E-state index in [4.69, 9.17) is 11.6 Å². The van der Waals surface area contributed by atoms with Crippen molar-refractivity contribution >= 4 is 40.3 Å². The maximum atomic E-state index is 15.6. The molecule has 1 fully saturated rings. The predicted octanol–water partition coefficient (Wildman–Crippen LogP) is 4.58. The van der Waals surface area contributed by atoms with Crippen molar-refractivity contribution in [1.29, 1.82) is 5.26 Å². The third kappa shape index (κ3) is 4.60. The number of rotatable bonds is 4. The highest BCUT2D eigenvalue weighted by Crippen LogP contribution is 2.42. The van der Waals surface area contributed by atoms with Gasteiger partial charge in [-0.3, -0.25) is 9.78 Å². The van der Waals surface area contributed by atoms with E-state index in [2.05, 4.69) is 15.0 Å². The van der Waals surface area contributed by atoms with Crippen LogP contribution in [0, 0.1) is 23.0 Å². The van der Waals surface area contributed by atoms with Crippen LogP contribution in [0.1, 0.15) is 5.69 Å². The smallest absolute Gasteiger partial charge is 0.264 e. The Labute approximate surface area is 221 Å². The fraction of sp³-hybridized carbons (Fsp3) is 0.148. The van der Waals surface area contributed by atoms with Gasteiger partial charge in [0.15, 0.2) is 5.82 Å². The Morgan fingerprint density at radius 3 is 2.53 bits per heavy atom. The van der Waals surface area contributed by atoms with Crippen molar-refractivity contribution in [1.82, 2.24) is 19.9 Å². The maximum Gasteiger partial charge on any atom is 0.264 e. The number of fused-ring (bicyclic) bond motifs is 1. The van der Waals surface area contributed by atoms with Crippen LogP contribution in [0.2, 0.25) is 5.02 Å². The van der Waals surface area contributed by atoms with Gasteiger partial charge in [-0.15, -0.1) is 0 Å². The average molecular weight is 533 g/mol. The lowest BCUT2D eigenvalue weighted by Crippen LogP contribution is -2.49. The van der Waals surface area contributed by atoms with Crippen LogP contribution in [-0.4, -0.2) is 57.0 Å². The second-order valence-corrected chi connectivity index (χ2v) is 8.89. The van der Waals surface area contributed by atoms with Gasteiger partial charge in [-0.05, 0) is 36.4 Å². The lowest BCUT2D eigenvalue weighted by molar-refractivity contribution is -0.126. The van der Waals surface area contributed by atoms with Crippen LogP contribution in [0.15, 0.2) is 60.6 Å². The van der Waals surface area contributed by atoms with Gasteiger partial charge < -0.3 is 14.9 Å². The molecule has 0 unspecified atom stereocenters. The van der Waals surface area contributed by atoms with Gasteiger partial charge in [-0.25, -0.2) is 18.7 Å². The van der Waals surface area contributed by atoms with Crippen molar-refractivity contribution in [2.75, 3.05) is 31.1 Å². The molecule has 1 aliphatic rings. The first-order valence-corrected chi connectivity index (χ1v) is 11.9. The lowest BCUT2D eigenvalue weighted by Gasteiger charge is -2.35. The zero-order chi connectivity index (χ0) is 26.8. The van der Waals surface area contributed by atoms with E-state index in [1.165, 1.54) is 30.6 Å². The Morgan fingerprint density at radius 2 is 1.84 bits per heavy atom. The summed E-state index contributed by atoms with van der Waals surface area (Å²) >= 11 is 6.39. The molecule has 1 aliphatic heterocycles. The number of nitrogens with zero attached hydrogens (tertiary/aromatic N) is 6. The number of carbonyl (C=O) groups excluding carboxylic acids is 1. The highest BCUT2D eigenvalue weighted by Gasteiger charge is 2.27. The first-order chi connectivity index (χ1) is 18.4. The van der Waals surface area contributed by atoms with Gasteiger partial charge in [0.05, 0.1) is 16.3 Å². The number of halogens is 3. The number of benzene rings is 2. The summed E-state index contributed by atoms with van der Waals surface area (Å²) in [6, 6.07) is 12.2. The van der Waals surface area contributed by atoms with Crippen molar-refractivity contribution in [3.05, 3.63) is 82.9 Å². The largest absolute Gasteiger partial charge is 0.507 e. The number of pyridine rings is 1. The Kier molecular flexibility index (Phi) is 6.85. The minimum atomic E-state index is -0.885. The molecule has 1 saturated heterocycles. The summed E-state index contributed by atoms with van der Waals surface area (Å²) in [5, 5.41) is 19.9. The van der Waals surface area contributed by atoms with E-state index in [9.17, 15) is 19.6 Å². The molecule has 4 aromatic rings. The number of phenolic OH excluding ortho intramolecular Hbond substituents is 1. The van der Waals surface area contributed by atoms with Gasteiger partial charge in [0.1, 0.15) is 40.9 Å². The second kappa shape index (κ2) is 10.4. The number of nitriles is 1. The number of amides is 1. The van der Waals surface area contributed by atoms with E-state index in [1.54, 1.807) is 29.3 Å². The quantitative estimate of drug-likeness (QED) is 0.303. The highest BCUT2D eigenvalue weighted by molar-refractivity contribution is 6.34. The van der Waals surface area contributed by atoms with Crippen molar-refractivity contribution in [3.8, 4) is 22.9 Å². The van der Waals surface area contributed by atoms with Gasteiger partial charge >= 0.3 is 0 Å². The fourth-order valence-corrected chi connectivity index (χ4v) is 4.69. The predicted molar refractivity (Wildman–Crippen MR) is 138 cm³/mol. The summed E-state index contributed by atoms with van der Waals surface area (Å²) in [6.45, 7) is 1.30. The van der Waals surface area contributed by atoms with E-state index in [1.807, 2.05) is 11.0 Å². The first kappa shape index (κ1) is 25.0. The number of piperazine rings is 1. The molecule has 3 heterocycles. The highest BCUT2D eigenvalue weighted by atomic mass is 35.5. The van der Waals surface area contributed by atoms with Crippen LogP contribution < -0.4 is 4.90 Å². The van der Waals surface area contributed by atoms with Crippen molar-refractivity contribution in [3.63, 3.8) is 0 Å². The van der Waals surface area contributed by atoms with Crippen LogP contribution >= 0.6 is 11.6 Å². The molecule has 2 aromatic heterocycles. The summed E-state index contributed by atoms with van der Waals surface area (Å²) < 4.78 is 30.1. The molecule has 38 heavy (non-hydrogen) atoms. The molecular weight excluding hydrogens is 514 g/mol. The van der Waals surface area contributed by atoms with Crippen molar-refractivity contribution in [2.24, 2.45) is 0 Å². The summed E-state index contributed by atoms with van der Waals surface area (Å²) in [5.41, 5.74) is -0.247. The molecule has 8 nitrogen and oxygen atoms in total. The number of carbonyl (C=O) groups is 1. The van der Waals surface area contributed by atoms with Crippen LogP contribution in [-0.2, 0) is 4.79 Å². The van der Waals surface area contributed by atoms with E-state index < -0.39 is 23.3 Å². The number of hydrogen-bond acceptors (Lipinski definition) is 7. The third-order valence-electron chi connectivity index (χ3n) is 6.24. The first-order valence-electron chi connectivity index (χ1n) is 11.6. The van der Waals surface area contributed by atoms with Gasteiger partial charge in [0, 0.05) is 43.3 Å². The molecule has 190 valence electrons. The molecule has 2 aromatic carbocycles. The molecule has 0 radical (unpaired) electrons. The third-order valence-corrected chi connectivity index (χ3v) is 6.54. The van der Waals surface area contributed by atoms with Gasteiger partial charge in [0.2, 0.25) is 0 Å². The number of aromatic nitrogens is 3. The summed E-state index contributed by atoms with van der Waals surface area (Å²) in [7, 11) is 0. The van der Waals surface area contributed by atoms with E-state index >= 15 is 4.39 Å². The zero-order valence-corrected chi connectivity index (χ0v) is 20.5. The van der Waals surface area contributed by atoms with Crippen molar-refractivity contribution in [2.45, 2.75) is 0 Å². The Hall–Kier alpha value is -4.62. The van der Waals surface area contributed by atoms with Crippen LogP contribution in [0.25, 0.3) is 28.1 Å². The molecule has 1 N–H and O–H groups in total. The number of anilines is 1. The average Bonchev–Trinajstić information content (AvgIpc) is 2.93.